The Morgan fingerprint density at radius 2 is 1.91 bits per heavy atom. The Morgan fingerprint density at radius 1 is 1.09 bits per heavy atom. The topological polar surface area (TPSA) is 144 Å². The number of ether oxygens (including phenoxy) is 1. The summed E-state index contributed by atoms with van der Waals surface area (Å²) in [5, 5.41) is 7.53. The normalized spacial score (nSPS) is 16.5. The largest absolute Gasteiger partial charge is 0.494 e. The van der Waals surface area contributed by atoms with Crippen molar-refractivity contribution in [1.82, 2.24) is 34.4 Å². The fraction of sp³-hybridized carbons (Fsp3) is 0.314. The van der Waals surface area contributed by atoms with Crippen LogP contribution in [0.25, 0.3) is 16.8 Å². The van der Waals surface area contributed by atoms with Gasteiger partial charge in [0.05, 0.1) is 25.0 Å². The molecule has 1 spiro atoms. The predicted molar refractivity (Wildman–Crippen MR) is 177 cm³/mol. The van der Waals surface area contributed by atoms with Crippen LogP contribution in [-0.2, 0) is 12.0 Å². The lowest BCUT2D eigenvalue weighted by atomic mass is 9.83. The fourth-order valence-electron chi connectivity index (χ4n) is 7.09. The Kier molecular flexibility index (Phi) is 6.81. The number of anilines is 3. The molecule has 3 aromatic heterocycles. The quantitative estimate of drug-likeness (QED) is 0.261. The van der Waals surface area contributed by atoms with Gasteiger partial charge in [0.25, 0.3) is 11.8 Å². The Balaban J connectivity index is 1.10. The van der Waals surface area contributed by atoms with Gasteiger partial charge in [-0.15, -0.1) is 5.10 Å². The van der Waals surface area contributed by atoms with Gasteiger partial charge in [-0.3, -0.25) is 9.59 Å². The van der Waals surface area contributed by atoms with E-state index in [0.717, 1.165) is 66.7 Å². The van der Waals surface area contributed by atoms with E-state index in [2.05, 4.69) is 31.4 Å². The first-order chi connectivity index (χ1) is 22.8. The molecule has 238 valence electrons. The number of methoxy groups -OCH3 is 1. The van der Waals surface area contributed by atoms with Gasteiger partial charge in [-0.1, -0.05) is 18.2 Å². The van der Waals surface area contributed by atoms with E-state index < -0.39 is 0 Å². The van der Waals surface area contributed by atoms with E-state index in [1.54, 1.807) is 30.1 Å². The first kappa shape index (κ1) is 28.9. The van der Waals surface area contributed by atoms with Gasteiger partial charge in [0.1, 0.15) is 11.4 Å². The molecule has 2 aliphatic heterocycles. The number of pyridine rings is 1. The number of nitrogens with zero attached hydrogens (tertiary/aromatic N) is 7. The SMILES string of the molecule is COc1c(Nc2nc(N)nn3ccnc23)ccc(C)c1-c1ccc2c(c1)C1(CC1)CN(Cc1cccc(C(=O)N3CCCC3)n1)C2=O. The number of nitrogens with one attached hydrogen (secondary N) is 1. The Hall–Kier alpha value is -5.52. The van der Waals surface area contributed by atoms with Gasteiger partial charge in [-0.05, 0) is 79.6 Å². The molecule has 2 fully saturated rings. The third-order valence-electron chi connectivity index (χ3n) is 9.61. The van der Waals surface area contributed by atoms with Crippen molar-refractivity contribution in [3.63, 3.8) is 0 Å². The van der Waals surface area contributed by atoms with Crippen LogP contribution in [0.3, 0.4) is 0 Å². The summed E-state index contributed by atoms with van der Waals surface area (Å²) in [5.41, 5.74) is 13.0. The van der Waals surface area contributed by atoms with Crippen LogP contribution in [0.15, 0.2) is 60.9 Å². The summed E-state index contributed by atoms with van der Waals surface area (Å²) < 4.78 is 7.58. The average molecular weight is 630 g/mol. The second-order valence-electron chi connectivity index (χ2n) is 12.7. The van der Waals surface area contributed by atoms with Crippen LogP contribution in [0, 0.1) is 6.92 Å². The average Bonchev–Trinajstić information content (AvgIpc) is 3.41. The zero-order valence-corrected chi connectivity index (χ0v) is 26.4. The number of likely N-dealkylation sites (tertiary alicyclic amines) is 1. The molecule has 0 bridgehead atoms. The highest BCUT2D eigenvalue weighted by Crippen LogP contribution is 2.54. The number of aryl methyl sites for hydroxylation is 1. The number of nitrogens with two attached hydrogens (primary N) is 1. The lowest BCUT2D eigenvalue weighted by Gasteiger charge is -2.35. The maximum Gasteiger partial charge on any atom is 0.272 e. The van der Waals surface area contributed by atoms with E-state index in [9.17, 15) is 9.59 Å². The van der Waals surface area contributed by atoms with Crippen molar-refractivity contribution in [3.8, 4) is 16.9 Å². The highest BCUT2D eigenvalue weighted by molar-refractivity contribution is 5.99. The maximum absolute atomic E-state index is 13.9. The van der Waals surface area contributed by atoms with Gasteiger partial charge < -0.3 is 25.6 Å². The first-order valence-corrected chi connectivity index (χ1v) is 15.9. The van der Waals surface area contributed by atoms with Crippen molar-refractivity contribution in [2.45, 2.75) is 44.6 Å². The van der Waals surface area contributed by atoms with E-state index in [0.29, 0.717) is 47.2 Å². The van der Waals surface area contributed by atoms with Gasteiger partial charge in [-0.2, -0.15) is 4.98 Å². The molecular weight excluding hydrogens is 594 g/mol. The number of hydrogen-bond acceptors (Lipinski definition) is 9. The summed E-state index contributed by atoms with van der Waals surface area (Å²) in [5.74, 6) is 1.17. The highest BCUT2D eigenvalue weighted by Gasteiger charge is 2.51. The summed E-state index contributed by atoms with van der Waals surface area (Å²) in [6.07, 6.45) is 7.41. The smallest absolute Gasteiger partial charge is 0.272 e. The molecule has 2 aromatic carbocycles. The number of imidazole rings is 1. The van der Waals surface area contributed by atoms with E-state index in [-0.39, 0.29) is 23.2 Å². The summed E-state index contributed by atoms with van der Waals surface area (Å²) >= 11 is 0. The molecule has 3 N–H and O–H groups in total. The minimum absolute atomic E-state index is 0.0219. The van der Waals surface area contributed by atoms with Crippen molar-refractivity contribution in [2.24, 2.45) is 0 Å². The van der Waals surface area contributed by atoms with Crippen molar-refractivity contribution in [2.75, 3.05) is 37.8 Å². The number of fused-ring (bicyclic) bond motifs is 3. The summed E-state index contributed by atoms with van der Waals surface area (Å²) in [6, 6.07) is 15.6. The Labute approximate surface area is 271 Å². The molecule has 12 heteroatoms. The summed E-state index contributed by atoms with van der Waals surface area (Å²) in [7, 11) is 1.65. The Morgan fingerprint density at radius 3 is 2.70 bits per heavy atom. The van der Waals surface area contributed by atoms with Crippen LogP contribution in [0.1, 0.15) is 63.4 Å². The maximum atomic E-state index is 13.9. The highest BCUT2D eigenvalue weighted by atomic mass is 16.5. The fourth-order valence-corrected chi connectivity index (χ4v) is 7.09. The second kappa shape index (κ2) is 11.1. The molecule has 0 unspecified atom stereocenters. The van der Waals surface area contributed by atoms with Crippen molar-refractivity contribution in [3.05, 3.63) is 89.0 Å². The Bertz CT molecular complexity index is 2060. The molecule has 1 saturated carbocycles. The van der Waals surface area contributed by atoms with Crippen LogP contribution in [-0.4, -0.2) is 72.9 Å². The van der Waals surface area contributed by atoms with Crippen LogP contribution in [0.5, 0.6) is 5.75 Å². The molecular formula is C35H35N9O3. The van der Waals surface area contributed by atoms with E-state index in [4.69, 9.17) is 10.5 Å². The van der Waals surface area contributed by atoms with E-state index in [1.165, 1.54) is 0 Å². The van der Waals surface area contributed by atoms with E-state index >= 15 is 0 Å². The molecule has 5 heterocycles. The lowest BCUT2D eigenvalue weighted by Crippen LogP contribution is -2.43. The number of rotatable bonds is 7. The molecule has 12 nitrogen and oxygen atoms in total. The number of benzene rings is 2. The minimum atomic E-state index is -0.107. The van der Waals surface area contributed by atoms with Crippen LogP contribution >= 0.6 is 0 Å². The molecule has 2 amide bonds. The number of nitrogen functional groups attached to an aromatic ring is 1. The standard InChI is InChI=1S/C35H35N9O3/c1-21-8-11-26(39-30-31-37-14-17-44(31)41-34(36)40-30)29(47-2)28(21)22-9-10-24-25(18-22)35(12-13-35)20-43(32(24)45)19-23-6-5-7-27(38-23)33(46)42-15-3-4-16-42/h5-11,14,17-18H,3-4,12-13,15-16,19-20H2,1-2H3,(H3,36,39,40,41). The van der Waals surface area contributed by atoms with Crippen LogP contribution in [0.4, 0.5) is 17.5 Å². The minimum Gasteiger partial charge on any atom is -0.494 e. The van der Waals surface area contributed by atoms with Gasteiger partial charge in [0, 0.05) is 48.6 Å². The van der Waals surface area contributed by atoms with Crippen molar-refractivity contribution < 1.29 is 14.3 Å². The predicted octanol–water partition coefficient (Wildman–Crippen LogP) is 4.75. The zero-order chi connectivity index (χ0) is 32.3. The molecule has 8 rings (SSSR count). The number of carbonyl (C=O) groups is 2. The summed E-state index contributed by atoms with van der Waals surface area (Å²) in [6.45, 7) is 4.57. The molecule has 5 aromatic rings. The van der Waals surface area contributed by atoms with Gasteiger partial charge in [-0.25, -0.2) is 14.5 Å². The second-order valence-corrected chi connectivity index (χ2v) is 12.7. The van der Waals surface area contributed by atoms with Gasteiger partial charge in [0.2, 0.25) is 5.95 Å². The molecule has 0 radical (unpaired) electrons. The number of amides is 2. The van der Waals surface area contributed by atoms with E-state index in [1.807, 2.05) is 53.1 Å². The molecule has 47 heavy (non-hydrogen) atoms. The molecule has 0 atom stereocenters. The van der Waals surface area contributed by atoms with Crippen LogP contribution in [0.2, 0.25) is 0 Å². The first-order valence-electron chi connectivity index (χ1n) is 15.9. The monoisotopic (exact) mass is 629 g/mol. The number of carbonyl (C=O) groups excluding carboxylic acids is 2. The molecule has 3 aliphatic rings. The van der Waals surface area contributed by atoms with Gasteiger partial charge >= 0.3 is 0 Å². The van der Waals surface area contributed by atoms with Crippen LogP contribution < -0.4 is 15.8 Å². The zero-order valence-electron chi connectivity index (χ0n) is 26.4. The van der Waals surface area contributed by atoms with Crippen molar-refractivity contribution in [1.29, 1.82) is 0 Å². The molecule has 1 aliphatic carbocycles. The van der Waals surface area contributed by atoms with Crippen molar-refractivity contribution >= 4 is 34.9 Å². The summed E-state index contributed by atoms with van der Waals surface area (Å²) in [4.78, 5) is 44.1. The number of aromatic nitrogens is 5. The van der Waals surface area contributed by atoms with Gasteiger partial charge in [0.15, 0.2) is 11.5 Å². The third-order valence-corrected chi connectivity index (χ3v) is 9.61. The number of hydrogen-bond donors (Lipinski definition) is 2. The lowest BCUT2D eigenvalue weighted by molar-refractivity contribution is 0.0696. The third kappa shape index (κ3) is 5.00. The molecule has 1 saturated heterocycles.